The molecular formula is C21H27NO6. The highest BCUT2D eigenvalue weighted by atomic mass is 16.5. The number of allylic oxidation sites excluding steroid dienone is 2. The number of methoxy groups -OCH3 is 2. The van der Waals surface area contributed by atoms with Gasteiger partial charge in [-0.05, 0) is 45.9 Å². The molecule has 0 fully saturated rings. The van der Waals surface area contributed by atoms with Crippen molar-refractivity contribution in [2.45, 2.75) is 33.6 Å². The first-order valence-electron chi connectivity index (χ1n) is 9.14. The van der Waals surface area contributed by atoms with Crippen LogP contribution in [-0.4, -0.2) is 39.4 Å². The van der Waals surface area contributed by atoms with E-state index in [-0.39, 0.29) is 13.2 Å². The van der Waals surface area contributed by atoms with Gasteiger partial charge in [0.25, 0.3) is 0 Å². The summed E-state index contributed by atoms with van der Waals surface area (Å²) < 4.78 is 21.4. The van der Waals surface area contributed by atoms with Crippen molar-refractivity contribution in [2.75, 3.05) is 27.4 Å². The third-order valence-corrected chi connectivity index (χ3v) is 4.50. The van der Waals surface area contributed by atoms with Gasteiger partial charge in [0.2, 0.25) is 0 Å². The van der Waals surface area contributed by atoms with E-state index in [9.17, 15) is 9.59 Å². The SMILES string of the molecule is CCOC(=O)C1=C(C)NC(C)=C(C(=O)OCC)C1c1cc(OC)ccc1OC. The second-order valence-corrected chi connectivity index (χ2v) is 6.18. The first kappa shape index (κ1) is 21.3. The fourth-order valence-electron chi connectivity index (χ4n) is 3.33. The number of hydrogen-bond donors (Lipinski definition) is 1. The zero-order valence-electron chi connectivity index (χ0n) is 17.2. The summed E-state index contributed by atoms with van der Waals surface area (Å²) in [5, 5.41) is 3.11. The molecule has 28 heavy (non-hydrogen) atoms. The Bertz CT molecular complexity index is 784. The molecule has 1 aliphatic rings. The topological polar surface area (TPSA) is 83.1 Å². The van der Waals surface area contributed by atoms with Crippen molar-refractivity contribution in [1.82, 2.24) is 5.32 Å². The third-order valence-electron chi connectivity index (χ3n) is 4.50. The van der Waals surface area contributed by atoms with Crippen molar-refractivity contribution in [1.29, 1.82) is 0 Å². The minimum Gasteiger partial charge on any atom is -0.497 e. The molecule has 0 bridgehead atoms. The molecule has 0 atom stereocenters. The van der Waals surface area contributed by atoms with Gasteiger partial charge in [0.1, 0.15) is 11.5 Å². The number of hydrogen-bond acceptors (Lipinski definition) is 7. The number of nitrogens with one attached hydrogen (secondary N) is 1. The number of ether oxygens (including phenoxy) is 4. The fourth-order valence-corrected chi connectivity index (χ4v) is 3.33. The minimum atomic E-state index is -0.718. The zero-order chi connectivity index (χ0) is 20.8. The molecule has 0 saturated heterocycles. The maximum atomic E-state index is 12.8. The summed E-state index contributed by atoms with van der Waals surface area (Å²) in [7, 11) is 3.09. The van der Waals surface area contributed by atoms with Crippen molar-refractivity contribution in [3.05, 3.63) is 46.3 Å². The highest BCUT2D eigenvalue weighted by molar-refractivity contribution is 6.00. The molecule has 7 nitrogen and oxygen atoms in total. The maximum Gasteiger partial charge on any atom is 0.336 e. The lowest BCUT2D eigenvalue weighted by atomic mass is 9.80. The van der Waals surface area contributed by atoms with Crippen LogP contribution in [0.4, 0.5) is 0 Å². The molecular weight excluding hydrogens is 362 g/mol. The second-order valence-electron chi connectivity index (χ2n) is 6.18. The van der Waals surface area contributed by atoms with Gasteiger partial charge < -0.3 is 24.3 Å². The van der Waals surface area contributed by atoms with Crippen LogP contribution in [0.15, 0.2) is 40.7 Å². The van der Waals surface area contributed by atoms with Crippen LogP contribution in [0.1, 0.15) is 39.2 Å². The van der Waals surface area contributed by atoms with Crippen LogP contribution in [0.25, 0.3) is 0 Å². The lowest BCUT2D eigenvalue weighted by Gasteiger charge is -2.31. The number of dihydropyridines is 1. The highest BCUT2D eigenvalue weighted by Gasteiger charge is 2.39. The highest BCUT2D eigenvalue weighted by Crippen LogP contribution is 2.43. The third kappa shape index (κ3) is 4.13. The van der Waals surface area contributed by atoms with Gasteiger partial charge in [0.05, 0.1) is 44.5 Å². The fraction of sp³-hybridized carbons (Fsp3) is 0.429. The predicted molar refractivity (Wildman–Crippen MR) is 104 cm³/mol. The van der Waals surface area contributed by atoms with Gasteiger partial charge >= 0.3 is 11.9 Å². The van der Waals surface area contributed by atoms with Crippen LogP contribution in [0.2, 0.25) is 0 Å². The van der Waals surface area contributed by atoms with Crippen LogP contribution < -0.4 is 14.8 Å². The summed E-state index contributed by atoms with van der Waals surface area (Å²) in [6.07, 6.45) is 0. The largest absolute Gasteiger partial charge is 0.497 e. The Hall–Kier alpha value is -2.96. The van der Waals surface area contributed by atoms with E-state index >= 15 is 0 Å². The number of carbonyl (C=O) groups is 2. The van der Waals surface area contributed by atoms with E-state index in [1.54, 1.807) is 53.0 Å². The minimum absolute atomic E-state index is 0.217. The summed E-state index contributed by atoms with van der Waals surface area (Å²) in [5.41, 5.74) is 2.51. The van der Waals surface area contributed by atoms with Gasteiger partial charge in [-0.15, -0.1) is 0 Å². The lowest BCUT2D eigenvalue weighted by molar-refractivity contribution is -0.139. The van der Waals surface area contributed by atoms with Crippen LogP contribution >= 0.6 is 0 Å². The number of rotatable bonds is 7. The monoisotopic (exact) mass is 389 g/mol. The Morgan fingerprint density at radius 2 is 1.46 bits per heavy atom. The van der Waals surface area contributed by atoms with E-state index in [1.165, 1.54) is 7.11 Å². The van der Waals surface area contributed by atoms with E-state index in [0.717, 1.165) is 0 Å². The maximum absolute atomic E-state index is 12.8. The van der Waals surface area contributed by atoms with Gasteiger partial charge in [0.15, 0.2) is 0 Å². The van der Waals surface area contributed by atoms with Gasteiger partial charge in [-0.25, -0.2) is 9.59 Å². The van der Waals surface area contributed by atoms with E-state index in [2.05, 4.69) is 5.32 Å². The molecule has 0 radical (unpaired) electrons. The summed E-state index contributed by atoms with van der Waals surface area (Å²) >= 11 is 0. The summed E-state index contributed by atoms with van der Waals surface area (Å²) in [6.45, 7) is 7.45. The Balaban J connectivity index is 2.76. The molecule has 0 aliphatic carbocycles. The molecule has 1 aromatic rings. The van der Waals surface area contributed by atoms with Crippen molar-refractivity contribution in [3.8, 4) is 11.5 Å². The van der Waals surface area contributed by atoms with Crippen molar-refractivity contribution < 1.29 is 28.5 Å². The second kappa shape index (κ2) is 9.30. The average molecular weight is 389 g/mol. The first-order chi connectivity index (χ1) is 13.4. The molecule has 0 amide bonds. The van der Waals surface area contributed by atoms with E-state index in [4.69, 9.17) is 18.9 Å². The number of esters is 2. The molecule has 1 N–H and O–H groups in total. The molecule has 1 aliphatic heterocycles. The lowest BCUT2D eigenvalue weighted by Crippen LogP contribution is -2.32. The zero-order valence-corrected chi connectivity index (χ0v) is 17.2. The Labute approximate surface area is 165 Å². The van der Waals surface area contributed by atoms with Gasteiger partial charge in [0, 0.05) is 17.0 Å². The van der Waals surface area contributed by atoms with Crippen LogP contribution in [0.5, 0.6) is 11.5 Å². The average Bonchev–Trinajstić information content (AvgIpc) is 2.66. The molecule has 7 heteroatoms. The van der Waals surface area contributed by atoms with Crippen molar-refractivity contribution >= 4 is 11.9 Å². The Kier molecular flexibility index (Phi) is 7.09. The molecule has 0 unspecified atom stereocenters. The van der Waals surface area contributed by atoms with Crippen molar-refractivity contribution in [2.24, 2.45) is 0 Å². The Morgan fingerprint density at radius 1 is 0.929 bits per heavy atom. The first-order valence-corrected chi connectivity index (χ1v) is 9.14. The van der Waals surface area contributed by atoms with Gasteiger partial charge in [-0.1, -0.05) is 0 Å². The summed E-state index contributed by atoms with van der Waals surface area (Å²) in [6, 6.07) is 5.25. The molecule has 2 rings (SSSR count). The molecule has 1 aromatic carbocycles. The molecule has 152 valence electrons. The number of benzene rings is 1. The standard InChI is InChI=1S/C21H27NO6/c1-7-27-20(23)17-12(3)22-13(4)18(21(24)28-8-2)19(17)15-11-14(25-5)9-10-16(15)26-6/h9-11,19,22H,7-8H2,1-6H3. The quantitative estimate of drug-likeness (QED) is 0.718. The normalized spacial score (nSPS) is 14.5. The predicted octanol–water partition coefficient (Wildman–Crippen LogP) is 3.06. The molecule has 0 spiro atoms. The summed E-state index contributed by atoms with van der Waals surface area (Å²) in [5.74, 6) is -0.620. The number of carbonyl (C=O) groups excluding carboxylic acids is 2. The molecule has 1 heterocycles. The van der Waals surface area contributed by atoms with Gasteiger partial charge in [-0.2, -0.15) is 0 Å². The van der Waals surface area contributed by atoms with Crippen LogP contribution in [0.3, 0.4) is 0 Å². The van der Waals surface area contributed by atoms with Crippen molar-refractivity contribution in [3.63, 3.8) is 0 Å². The van der Waals surface area contributed by atoms with E-state index in [0.29, 0.717) is 39.6 Å². The van der Waals surface area contributed by atoms with Gasteiger partial charge in [-0.3, -0.25) is 0 Å². The summed E-state index contributed by atoms with van der Waals surface area (Å²) in [4.78, 5) is 25.6. The smallest absolute Gasteiger partial charge is 0.336 e. The van der Waals surface area contributed by atoms with E-state index < -0.39 is 17.9 Å². The van der Waals surface area contributed by atoms with Crippen LogP contribution in [-0.2, 0) is 19.1 Å². The van der Waals surface area contributed by atoms with E-state index in [1.807, 2.05) is 0 Å². The molecule has 0 aromatic heterocycles. The van der Waals surface area contributed by atoms with Crippen LogP contribution in [0, 0.1) is 0 Å². The molecule has 0 saturated carbocycles. The Morgan fingerprint density at radius 3 is 1.89 bits per heavy atom.